The molecule has 3 aromatic rings. The van der Waals surface area contributed by atoms with Gasteiger partial charge in [-0.1, -0.05) is 53.3 Å². The van der Waals surface area contributed by atoms with Gasteiger partial charge in [-0.25, -0.2) is 9.69 Å². The predicted molar refractivity (Wildman–Crippen MR) is 169 cm³/mol. The third-order valence-corrected chi connectivity index (χ3v) is 7.23. The first kappa shape index (κ1) is 32.9. The van der Waals surface area contributed by atoms with Crippen LogP contribution in [0, 0.1) is 0 Å². The highest BCUT2D eigenvalue weighted by atomic mass is 35.5. The Morgan fingerprint density at radius 2 is 1.59 bits per heavy atom. The van der Waals surface area contributed by atoms with Gasteiger partial charge in [0.1, 0.15) is 5.57 Å². The lowest BCUT2D eigenvalue weighted by Crippen LogP contribution is -2.54. The van der Waals surface area contributed by atoms with E-state index in [9.17, 15) is 19.2 Å². The molecule has 0 radical (unpaired) electrons. The number of carbonyl (C=O) groups excluding carboxylic acids is 4. The standard InChI is InChI=1S/C30H25Cl4N3O7/c1-3-9-43-24-8-6-18(14-25(24)42-4-2)37-29(40)19(28(39)36-30(37)41)10-16-11-22(33)27(23(34)12-16)44-15-26(38)35-17-5-7-20(31)21(32)13-17/h5-8,10-14H,3-4,9,15H2,1-2H3,(H,35,38)(H,36,39,41)/b19-10+. The monoisotopic (exact) mass is 679 g/mol. The average Bonchev–Trinajstić information content (AvgIpc) is 2.96. The maximum Gasteiger partial charge on any atom is 0.335 e. The van der Waals surface area contributed by atoms with Gasteiger partial charge in [-0.2, -0.15) is 0 Å². The van der Waals surface area contributed by atoms with Crippen LogP contribution in [0.25, 0.3) is 6.08 Å². The van der Waals surface area contributed by atoms with E-state index in [1.807, 2.05) is 6.92 Å². The van der Waals surface area contributed by atoms with Crippen LogP contribution in [0.4, 0.5) is 16.2 Å². The Labute approximate surface area is 272 Å². The molecule has 1 saturated heterocycles. The lowest BCUT2D eigenvalue weighted by molar-refractivity contribution is -0.122. The summed E-state index contributed by atoms with van der Waals surface area (Å²) in [5, 5.41) is 5.39. The molecule has 0 aliphatic carbocycles. The zero-order chi connectivity index (χ0) is 32.0. The van der Waals surface area contributed by atoms with Gasteiger partial charge in [0.2, 0.25) is 0 Å². The van der Waals surface area contributed by atoms with Crippen LogP contribution in [-0.2, 0) is 14.4 Å². The fourth-order valence-electron chi connectivity index (χ4n) is 4.00. The van der Waals surface area contributed by atoms with Crippen molar-refractivity contribution in [1.82, 2.24) is 5.32 Å². The van der Waals surface area contributed by atoms with Gasteiger partial charge < -0.3 is 19.5 Å². The molecule has 0 unspecified atom stereocenters. The van der Waals surface area contributed by atoms with E-state index in [0.717, 1.165) is 11.3 Å². The number of urea groups is 1. The highest BCUT2D eigenvalue weighted by Crippen LogP contribution is 2.36. The summed E-state index contributed by atoms with van der Waals surface area (Å²) in [6, 6.07) is 11.0. The first-order chi connectivity index (χ1) is 21.0. The Balaban J connectivity index is 1.53. The van der Waals surface area contributed by atoms with E-state index < -0.39 is 30.4 Å². The molecule has 1 aliphatic heterocycles. The summed E-state index contributed by atoms with van der Waals surface area (Å²) in [7, 11) is 0. The number of rotatable bonds is 11. The molecule has 14 heteroatoms. The molecule has 1 fully saturated rings. The highest BCUT2D eigenvalue weighted by molar-refractivity contribution is 6.42. The molecule has 230 valence electrons. The van der Waals surface area contributed by atoms with Gasteiger partial charge in [0, 0.05) is 11.8 Å². The minimum Gasteiger partial charge on any atom is -0.490 e. The SMILES string of the molecule is CCCOc1ccc(N2C(=O)NC(=O)/C(=C\c3cc(Cl)c(OCC(=O)Nc4ccc(Cl)c(Cl)c4)c(Cl)c3)C2=O)cc1OCC. The molecule has 10 nitrogen and oxygen atoms in total. The minimum absolute atomic E-state index is 0.00448. The van der Waals surface area contributed by atoms with Crippen LogP contribution in [-0.4, -0.2) is 43.6 Å². The number of ether oxygens (including phenoxy) is 3. The number of benzene rings is 3. The van der Waals surface area contributed by atoms with Gasteiger partial charge in [0.15, 0.2) is 23.9 Å². The summed E-state index contributed by atoms with van der Waals surface area (Å²) >= 11 is 24.6. The van der Waals surface area contributed by atoms with Crippen LogP contribution >= 0.6 is 46.4 Å². The Morgan fingerprint density at radius 3 is 2.25 bits per heavy atom. The van der Waals surface area contributed by atoms with Gasteiger partial charge in [-0.3, -0.25) is 19.7 Å². The molecule has 0 saturated carbocycles. The number of amides is 5. The third kappa shape index (κ3) is 7.75. The summed E-state index contributed by atoms with van der Waals surface area (Å²) in [4.78, 5) is 52.0. The van der Waals surface area contributed by atoms with Crippen molar-refractivity contribution in [3.63, 3.8) is 0 Å². The number of halogens is 4. The number of hydrogen-bond acceptors (Lipinski definition) is 7. The van der Waals surface area contributed by atoms with Gasteiger partial charge in [-0.15, -0.1) is 0 Å². The van der Waals surface area contributed by atoms with E-state index in [2.05, 4.69) is 10.6 Å². The maximum atomic E-state index is 13.4. The zero-order valence-corrected chi connectivity index (χ0v) is 26.4. The van der Waals surface area contributed by atoms with Gasteiger partial charge in [0.25, 0.3) is 17.7 Å². The van der Waals surface area contributed by atoms with E-state index in [1.165, 1.54) is 42.5 Å². The van der Waals surface area contributed by atoms with Crippen molar-refractivity contribution < 1.29 is 33.4 Å². The second-order valence-corrected chi connectivity index (χ2v) is 10.8. The van der Waals surface area contributed by atoms with Crippen LogP contribution in [0.15, 0.2) is 54.1 Å². The number of carbonyl (C=O) groups is 4. The van der Waals surface area contributed by atoms with Crippen molar-refractivity contribution in [1.29, 1.82) is 0 Å². The van der Waals surface area contributed by atoms with E-state index >= 15 is 0 Å². The molecule has 3 aromatic carbocycles. The maximum absolute atomic E-state index is 13.4. The Hall–Kier alpha value is -3.96. The fourth-order valence-corrected chi connectivity index (χ4v) is 4.91. The lowest BCUT2D eigenvalue weighted by Gasteiger charge is -2.27. The van der Waals surface area contributed by atoms with Crippen molar-refractivity contribution in [2.45, 2.75) is 20.3 Å². The largest absolute Gasteiger partial charge is 0.490 e. The van der Waals surface area contributed by atoms with Crippen LogP contribution < -0.4 is 29.7 Å². The summed E-state index contributed by atoms with van der Waals surface area (Å²) < 4.78 is 16.8. The van der Waals surface area contributed by atoms with Crippen LogP contribution in [0.5, 0.6) is 17.2 Å². The van der Waals surface area contributed by atoms with E-state index in [4.69, 9.17) is 60.6 Å². The third-order valence-electron chi connectivity index (χ3n) is 5.93. The lowest BCUT2D eigenvalue weighted by atomic mass is 10.1. The smallest absolute Gasteiger partial charge is 0.335 e. The second-order valence-electron chi connectivity index (χ2n) is 9.15. The van der Waals surface area contributed by atoms with Gasteiger partial charge >= 0.3 is 6.03 Å². The Morgan fingerprint density at radius 1 is 0.864 bits per heavy atom. The molecule has 0 aromatic heterocycles. The van der Waals surface area contributed by atoms with Crippen molar-refractivity contribution in [2.24, 2.45) is 0 Å². The zero-order valence-electron chi connectivity index (χ0n) is 23.3. The van der Waals surface area contributed by atoms with Crippen molar-refractivity contribution in [3.8, 4) is 17.2 Å². The van der Waals surface area contributed by atoms with E-state index in [1.54, 1.807) is 19.1 Å². The molecule has 0 atom stereocenters. The number of hydrogen-bond donors (Lipinski definition) is 2. The topological polar surface area (TPSA) is 123 Å². The summed E-state index contributed by atoms with van der Waals surface area (Å²) in [5.74, 6) is -1.52. The van der Waals surface area contributed by atoms with Gasteiger partial charge in [-0.05, 0) is 67.4 Å². The molecule has 0 bridgehead atoms. The summed E-state index contributed by atoms with van der Waals surface area (Å²) in [5.41, 5.74) is 0.483. The number of anilines is 2. The fraction of sp³-hybridized carbons (Fsp3) is 0.200. The molecule has 1 heterocycles. The van der Waals surface area contributed by atoms with Crippen LogP contribution in [0.3, 0.4) is 0 Å². The van der Waals surface area contributed by atoms with Crippen LogP contribution in [0.2, 0.25) is 20.1 Å². The molecule has 1 aliphatic rings. The number of imide groups is 2. The molecule has 44 heavy (non-hydrogen) atoms. The molecule has 0 spiro atoms. The Kier molecular flexibility index (Phi) is 11.0. The molecule has 5 amide bonds. The van der Waals surface area contributed by atoms with Crippen molar-refractivity contribution >= 4 is 87.6 Å². The number of barbiturate groups is 1. The highest BCUT2D eigenvalue weighted by Gasteiger charge is 2.37. The number of nitrogens with zero attached hydrogens (tertiary/aromatic N) is 1. The second kappa shape index (κ2) is 14.7. The molecule has 2 N–H and O–H groups in total. The summed E-state index contributed by atoms with van der Waals surface area (Å²) in [6.45, 7) is 4.07. The molecular weight excluding hydrogens is 656 g/mol. The Bertz CT molecular complexity index is 1640. The normalized spacial score (nSPS) is 14.0. The van der Waals surface area contributed by atoms with Crippen LogP contribution in [0.1, 0.15) is 25.8 Å². The van der Waals surface area contributed by atoms with E-state index in [-0.39, 0.29) is 37.6 Å². The van der Waals surface area contributed by atoms with Gasteiger partial charge in [0.05, 0.1) is 39.0 Å². The number of nitrogens with one attached hydrogen (secondary N) is 2. The van der Waals surface area contributed by atoms with E-state index in [0.29, 0.717) is 35.4 Å². The first-order valence-corrected chi connectivity index (χ1v) is 14.7. The van der Waals surface area contributed by atoms with Crippen molar-refractivity contribution in [3.05, 3.63) is 79.8 Å². The molecule has 4 rings (SSSR count). The predicted octanol–water partition coefficient (Wildman–Crippen LogP) is 7.17. The quantitative estimate of drug-likeness (QED) is 0.163. The first-order valence-electron chi connectivity index (χ1n) is 13.2. The summed E-state index contributed by atoms with van der Waals surface area (Å²) in [6.07, 6.45) is 2.00. The van der Waals surface area contributed by atoms with Crippen molar-refractivity contribution in [2.75, 3.05) is 30.0 Å². The minimum atomic E-state index is -0.930. The molecular formula is C30H25Cl4N3O7. The average molecular weight is 681 g/mol.